The van der Waals surface area contributed by atoms with Gasteiger partial charge in [0, 0.05) is 36.0 Å². The summed E-state index contributed by atoms with van der Waals surface area (Å²) >= 11 is 0. The average Bonchev–Trinajstić information content (AvgIpc) is 3.31. The number of alkyl halides is 3. The van der Waals surface area contributed by atoms with Gasteiger partial charge in [0.15, 0.2) is 0 Å². The molecule has 1 aliphatic rings. The second-order valence-electron chi connectivity index (χ2n) is 5.92. The lowest BCUT2D eigenvalue weighted by Gasteiger charge is -2.16. The number of hydrogen-bond donors (Lipinski definition) is 2. The van der Waals surface area contributed by atoms with Gasteiger partial charge in [-0.2, -0.15) is 13.2 Å². The van der Waals surface area contributed by atoms with E-state index >= 15 is 0 Å². The van der Waals surface area contributed by atoms with Crippen LogP contribution in [0.2, 0.25) is 0 Å². The third-order valence-electron chi connectivity index (χ3n) is 4.15. The van der Waals surface area contributed by atoms with E-state index in [1.165, 1.54) is 32.2 Å². The van der Waals surface area contributed by atoms with E-state index < -0.39 is 29.8 Å². The summed E-state index contributed by atoms with van der Waals surface area (Å²) in [5.74, 6) is -1.01. The predicted octanol–water partition coefficient (Wildman–Crippen LogP) is 2.57. The maximum absolute atomic E-state index is 13.1. The summed E-state index contributed by atoms with van der Waals surface area (Å²) < 4.78 is 44.0. The van der Waals surface area contributed by atoms with Crippen molar-refractivity contribution in [2.75, 3.05) is 7.11 Å². The van der Waals surface area contributed by atoms with E-state index in [0.29, 0.717) is 16.5 Å². The fraction of sp³-hybridized carbons (Fsp3) is 0.375. The number of amides is 1. The van der Waals surface area contributed by atoms with Crippen LogP contribution in [0.25, 0.3) is 10.9 Å². The van der Waals surface area contributed by atoms with Crippen molar-refractivity contribution in [3.05, 3.63) is 35.5 Å². The molecule has 26 heavy (non-hydrogen) atoms. The number of ether oxygens (including phenoxy) is 1. The molecule has 3 rings (SSSR count). The molecule has 138 valence electrons. The normalized spacial score (nSPS) is 16.3. The van der Waals surface area contributed by atoms with Gasteiger partial charge in [0.1, 0.15) is 6.04 Å². The first-order valence-corrected chi connectivity index (χ1v) is 7.64. The van der Waals surface area contributed by atoms with Crippen molar-refractivity contribution >= 4 is 22.8 Å². The smallest absolute Gasteiger partial charge is 0.442 e. The van der Waals surface area contributed by atoms with E-state index in [1.54, 1.807) is 6.20 Å². The van der Waals surface area contributed by atoms with Crippen molar-refractivity contribution in [1.82, 2.24) is 10.3 Å². The van der Waals surface area contributed by atoms with Crippen LogP contribution in [0.15, 0.2) is 34.6 Å². The minimum absolute atomic E-state index is 0.0859. The van der Waals surface area contributed by atoms with Crippen LogP contribution in [0.5, 0.6) is 0 Å². The number of methoxy groups -OCH3 is 1. The van der Waals surface area contributed by atoms with Crippen molar-refractivity contribution in [3.8, 4) is 0 Å². The molecule has 1 aliphatic heterocycles. The molecule has 0 saturated heterocycles. The van der Waals surface area contributed by atoms with Crippen LogP contribution < -0.4 is 5.32 Å². The third kappa shape index (κ3) is 3.02. The first-order chi connectivity index (χ1) is 12.2. The predicted molar refractivity (Wildman–Crippen MR) is 84.2 cm³/mol. The molecular weight excluding hydrogens is 353 g/mol. The number of aromatic amines is 1. The van der Waals surface area contributed by atoms with Crippen LogP contribution in [0.1, 0.15) is 18.1 Å². The molecule has 1 atom stereocenters. The molecule has 0 spiro atoms. The number of rotatable bonds is 5. The molecule has 2 heterocycles. The van der Waals surface area contributed by atoms with Gasteiger partial charge in [0.05, 0.1) is 7.11 Å². The van der Waals surface area contributed by atoms with Gasteiger partial charge in [-0.3, -0.25) is 4.79 Å². The minimum Gasteiger partial charge on any atom is -0.467 e. The number of fused-ring (bicyclic) bond motifs is 1. The molecule has 0 bridgehead atoms. The first-order valence-electron chi connectivity index (χ1n) is 7.64. The Morgan fingerprint density at radius 3 is 2.58 bits per heavy atom. The number of carbonyl (C=O) groups excluding carboxylic acids is 2. The van der Waals surface area contributed by atoms with Gasteiger partial charge in [-0.1, -0.05) is 12.1 Å². The summed E-state index contributed by atoms with van der Waals surface area (Å²) in [5.41, 5.74) is -1.47. The third-order valence-corrected chi connectivity index (χ3v) is 4.15. The molecule has 1 aromatic heterocycles. The Bertz CT molecular complexity index is 898. The Balaban J connectivity index is 1.90. The van der Waals surface area contributed by atoms with Crippen LogP contribution in [0, 0.1) is 0 Å². The van der Waals surface area contributed by atoms with Crippen molar-refractivity contribution in [2.45, 2.75) is 31.2 Å². The van der Waals surface area contributed by atoms with Crippen LogP contribution >= 0.6 is 0 Å². The first kappa shape index (κ1) is 17.9. The van der Waals surface area contributed by atoms with Gasteiger partial charge in [0.25, 0.3) is 0 Å². The van der Waals surface area contributed by atoms with Crippen LogP contribution in [-0.2, 0) is 26.4 Å². The molecule has 10 heteroatoms. The van der Waals surface area contributed by atoms with Crippen LogP contribution in [-0.4, -0.2) is 36.2 Å². The summed E-state index contributed by atoms with van der Waals surface area (Å²) in [6, 6.07) is 3.25. The number of halogens is 3. The van der Waals surface area contributed by atoms with Crippen molar-refractivity contribution in [1.29, 1.82) is 0 Å². The lowest BCUT2D eigenvalue weighted by Crippen LogP contribution is -2.41. The Hall–Kier alpha value is -2.91. The highest BCUT2D eigenvalue weighted by Crippen LogP contribution is 2.52. The average molecular weight is 368 g/mol. The Kier molecular flexibility index (Phi) is 4.21. The zero-order valence-electron chi connectivity index (χ0n) is 13.8. The maximum Gasteiger partial charge on any atom is 0.442 e. The lowest BCUT2D eigenvalue weighted by molar-refractivity contribution is -0.166. The number of nitrogens with one attached hydrogen (secondary N) is 2. The molecule has 0 saturated carbocycles. The summed E-state index contributed by atoms with van der Waals surface area (Å²) in [6.45, 7) is 1.27. The Labute approximate surface area is 145 Å². The fourth-order valence-corrected chi connectivity index (χ4v) is 2.82. The maximum atomic E-state index is 13.1. The second kappa shape index (κ2) is 6.11. The lowest BCUT2D eigenvalue weighted by atomic mass is 9.99. The highest BCUT2D eigenvalue weighted by molar-refractivity contribution is 5.87. The topological polar surface area (TPSA) is 95.9 Å². The molecule has 0 fully saturated rings. The number of aromatic nitrogens is 1. The van der Waals surface area contributed by atoms with Gasteiger partial charge < -0.3 is 15.0 Å². The molecule has 0 radical (unpaired) electrons. The second-order valence-corrected chi connectivity index (χ2v) is 5.92. The van der Waals surface area contributed by atoms with Crippen LogP contribution in [0.3, 0.4) is 0 Å². The van der Waals surface area contributed by atoms with E-state index in [1.807, 2.05) is 0 Å². The van der Waals surface area contributed by atoms with Gasteiger partial charge in [0.2, 0.25) is 5.91 Å². The minimum atomic E-state index is -4.60. The summed E-state index contributed by atoms with van der Waals surface area (Å²) in [4.78, 5) is 26.0. The number of hydrogen-bond acceptors (Lipinski definition) is 5. The summed E-state index contributed by atoms with van der Waals surface area (Å²) in [7, 11) is 1.21. The van der Waals surface area contributed by atoms with Gasteiger partial charge in [-0.05, 0) is 11.6 Å². The van der Waals surface area contributed by atoms with Crippen molar-refractivity contribution in [2.24, 2.45) is 10.2 Å². The Morgan fingerprint density at radius 1 is 1.35 bits per heavy atom. The number of H-pyrrole nitrogens is 1. The van der Waals surface area contributed by atoms with Gasteiger partial charge in [-0.25, -0.2) is 4.79 Å². The standard InChI is InChI=1S/C16H15F3N4O3/c1-8(24)21-13(14(25)26-2)5-9-7-20-12-6-10(3-4-11(9)12)15(22-23-15)16(17,18)19/h3-4,6-7,13,20H,5H2,1-2H3,(H,21,24)/t13-/m0/s1. The van der Waals surface area contributed by atoms with Crippen LogP contribution in [0.4, 0.5) is 13.2 Å². The summed E-state index contributed by atoms with van der Waals surface area (Å²) in [5, 5.41) is 9.49. The SMILES string of the molecule is COC(=O)[C@H](Cc1c[nH]c2cc(C3(C(F)(F)F)N=N3)ccc12)NC(C)=O. The van der Waals surface area contributed by atoms with Gasteiger partial charge in [-0.15, -0.1) is 10.2 Å². The highest BCUT2D eigenvalue weighted by atomic mass is 19.4. The molecule has 2 aromatic rings. The molecule has 0 aliphatic carbocycles. The Morgan fingerprint density at radius 2 is 2.04 bits per heavy atom. The summed E-state index contributed by atoms with van der Waals surface area (Å²) in [6.07, 6.45) is -2.89. The number of carbonyl (C=O) groups is 2. The molecule has 1 aromatic carbocycles. The van der Waals surface area contributed by atoms with E-state index in [0.717, 1.165) is 0 Å². The molecule has 0 unspecified atom stereocenters. The quantitative estimate of drug-likeness (QED) is 0.794. The monoisotopic (exact) mass is 368 g/mol. The highest BCUT2D eigenvalue weighted by Gasteiger charge is 2.65. The van der Waals surface area contributed by atoms with E-state index in [9.17, 15) is 22.8 Å². The fourth-order valence-electron chi connectivity index (χ4n) is 2.82. The number of nitrogens with zero attached hydrogens (tertiary/aromatic N) is 2. The molecule has 2 N–H and O–H groups in total. The largest absolute Gasteiger partial charge is 0.467 e. The molecule has 1 amide bonds. The zero-order valence-corrected chi connectivity index (χ0v) is 13.8. The van der Waals surface area contributed by atoms with Gasteiger partial charge >= 0.3 is 17.8 Å². The number of benzene rings is 1. The molecular formula is C16H15F3N4O3. The van der Waals surface area contributed by atoms with E-state index in [2.05, 4.69) is 25.3 Å². The zero-order chi connectivity index (χ0) is 19.1. The van der Waals surface area contributed by atoms with Crippen molar-refractivity contribution < 1.29 is 27.5 Å². The van der Waals surface area contributed by atoms with E-state index in [4.69, 9.17) is 0 Å². The number of esters is 1. The van der Waals surface area contributed by atoms with Crippen molar-refractivity contribution in [3.63, 3.8) is 0 Å². The molecule has 7 nitrogen and oxygen atoms in total. The van der Waals surface area contributed by atoms with E-state index in [-0.39, 0.29) is 12.0 Å².